The fourth-order valence-corrected chi connectivity index (χ4v) is 2.55. The molecular formula is C15H12Cl2F2. The van der Waals surface area contributed by atoms with Crippen LogP contribution in [0.5, 0.6) is 0 Å². The predicted octanol–water partition coefficient (Wildman–Crippen LogP) is 5.45. The molecule has 1 atom stereocenters. The van der Waals surface area contributed by atoms with Crippen LogP contribution in [0.25, 0.3) is 0 Å². The molecule has 1 unspecified atom stereocenters. The molecule has 0 aliphatic rings. The fraction of sp³-hybridized carbons (Fsp3) is 0.200. The van der Waals surface area contributed by atoms with Crippen LogP contribution in [0.4, 0.5) is 8.78 Å². The summed E-state index contributed by atoms with van der Waals surface area (Å²) in [5.41, 5.74) is 1.72. The molecule has 0 saturated heterocycles. The summed E-state index contributed by atoms with van der Waals surface area (Å²) in [4.78, 5) is 0. The van der Waals surface area contributed by atoms with E-state index < -0.39 is 17.0 Å². The SMILES string of the molecule is Cc1cc(Cl)cc(C(Cl)Cc2c(F)cccc2F)c1. The summed E-state index contributed by atoms with van der Waals surface area (Å²) >= 11 is 12.2. The van der Waals surface area contributed by atoms with Crippen molar-refractivity contribution in [3.63, 3.8) is 0 Å². The highest BCUT2D eigenvalue weighted by molar-refractivity contribution is 6.30. The molecule has 0 N–H and O–H groups in total. The highest BCUT2D eigenvalue weighted by atomic mass is 35.5. The summed E-state index contributed by atoms with van der Waals surface area (Å²) in [6, 6.07) is 9.17. The molecule has 0 heterocycles. The molecule has 0 saturated carbocycles. The van der Waals surface area contributed by atoms with E-state index >= 15 is 0 Å². The Labute approximate surface area is 121 Å². The summed E-state index contributed by atoms with van der Waals surface area (Å²) in [7, 11) is 0. The molecule has 0 fully saturated rings. The molecule has 0 aromatic heterocycles. The summed E-state index contributed by atoms with van der Waals surface area (Å²) in [5, 5.41) is 0.0402. The van der Waals surface area contributed by atoms with Gasteiger partial charge in [0.05, 0.1) is 5.38 Å². The maximum absolute atomic E-state index is 13.6. The van der Waals surface area contributed by atoms with Crippen LogP contribution in [0.15, 0.2) is 36.4 Å². The van der Waals surface area contributed by atoms with Crippen LogP contribution in [0.3, 0.4) is 0 Å². The minimum atomic E-state index is -0.579. The Morgan fingerprint density at radius 3 is 2.32 bits per heavy atom. The molecule has 100 valence electrons. The molecule has 2 aromatic carbocycles. The van der Waals surface area contributed by atoms with Crippen molar-refractivity contribution in [2.45, 2.75) is 18.7 Å². The van der Waals surface area contributed by atoms with Crippen LogP contribution in [-0.4, -0.2) is 0 Å². The first-order valence-corrected chi connectivity index (χ1v) is 6.63. The summed E-state index contributed by atoms with van der Waals surface area (Å²) < 4.78 is 27.1. The summed E-state index contributed by atoms with van der Waals surface area (Å²) in [6.07, 6.45) is 0.0832. The molecular weight excluding hydrogens is 289 g/mol. The Morgan fingerprint density at radius 1 is 1.11 bits per heavy atom. The zero-order valence-electron chi connectivity index (χ0n) is 10.3. The molecule has 0 nitrogen and oxygen atoms in total. The van der Waals surface area contributed by atoms with Gasteiger partial charge in [-0.3, -0.25) is 0 Å². The molecule has 0 bridgehead atoms. The second-order valence-electron chi connectivity index (χ2n) is 4.43. The minimum absolute atomic E-state index is 0.000119. The van der Waals surface area contributed by atoms with E-state index in [9.17, 15) is 8.78 Å². The average molecular weight is 301 g/mol. The van der Waals surface area contributed by atoms with Crippen LogP contribution in [0.1, 0.15) is 22.1 Å². The highest BCUT2D eigenvalue weighted by Gasteiger charge is 2.16. The molecule has 2 aromatic rings. The van der Waals surface area contributed by atoms with Gasteiger partial charge in [0.2, 0.25) is 0 Å². The lowest BCUT2D eigenvalue weighted by Crippen LogP contribution is -2.02. The van der Waals surface area contributed by atoms with Crippen molar-refractivity contribution in [1.29, 1.82) is 0 Å². The van der Waals surface area contributed by atoms with E-state index in [2.05, 4.69) is 0 Å². The number of rotatable bonds is 3. The van der Waals surface area contributed by atoms with Crippen molar-refractivity contribution in [3.05, 3.63) is 69.7 Å². The van der Waals surface area contributed by atoms with Gasteiger partial charge in [0, 0.05) is 10.6 Å². The normalized spacial score (nSPS) is 12.5. The zero-order valence-corrected chi connectivity index (χ0v) is 11.8. The number of alkyl halides is 1. The van der Waals surface area contributed by atoms with E-state index in [1.807, 2.05) is 13.0 Å². The number of halogens is 4. The van der Waals surface area contributed by atoms with Crippen molar-refractivity contribution in [2.75, 3.05) is 0 Å². The number of hydrogen-bond acceptors (Lipinski definition) is 0. The van der Waals surface area contributed by atoms with Gasteiger partial charge < -0.3 is 0 Å². The molecule has 19 heavy (non-hydrogen) atoms. The monoisotopic (exact) mass is 300 g/mol. The maximum Gasteiger partial charge on any atom is 0.129 e. The van der Waals surface area contributed by atoms with E-state index in [0.717, 1.165) is 11.1 Å². The summed E-state index contributed by atoms with van der Waals surface area (Å²) in [5.74, 6) is -1.16. The van der Waals surface area contributed by atoms with Gasteiger partial charge in [0.15, 0.2) is 0 Å². The molecule has 0 aliphatic carbocycles. The maximum atomic E-state index is 13.6. The third kappa shape index (κ3) is 3.46. The minimum Gasteiger partial charge on any atom is -0.207 e. The standard InChI is InChI=1S/C15H12Cl2F2/c1-9-5-10(7-11(16)6-9)13(17)8-12-14(18)3-2-4-15(12)19/h2-7,13H,8H2,1H3. The van der Waals surface area contributed by atoms with Crippen LogP contribution in [-0.2, 0) is 6.42 Å². The molecule has 4 heteroatoms. The average Bonchev–Trinajstić information content (AvgIpc) is 2.32. The lowest BCUT2D eigenvalue weighted by molar-refractivity contribution is 0.553. The quantitative estimate of drug-likeness (QED) is 0.661. The third-order valence-electron chi connectivity index (χ3n) is 2.87. The molecule has 0 amide bonds. The fourth-order valence-electron chi connectivity index (χ4n) is 1.97. The van der Waals surface area contributed by atoms with E-state index in [-0.39, 0.29) is 12.0 Å². The molecule has 0 aliphatic heterocycles. The van der Waals surface area contributed by atoms with Gasteiger partial charge in [0.25, 0.3) is 0 Å². The predicted molar refractivity (Wildman–Crippen MR) is 74.8 cm³/mol. The summed E-state index contributed by atoms with van der Waals surface area (Å²) in [6.45, 7) is 1.89. The van der Waals surface area contributed by atoms with Crippen molar-refractivity contribution >= 4 is 23.2 Å². The van der Waals surface area contributed by atoms with Gasteiger partial charge in [-0.25, -0.2) is 8.78 Å². The molecule has 0 spiro atoms. The van der Waals surface area contributed by atoms with Gasteiger partial charge in [-0.2, -0.15) is 0 Å². The second-order valence-corrected chi connectivity index (χ2v) is 5.40. The lowest BCUT2D eigenvalue weighted by atomic mass is 10.0. The van der Waals surface area contributed by atoms with Crippen LogP contribution in [0.2, 0.25) is 5.02 Å². The van der Waals surface area contributed by atoms with Gasteiger partial charge in [0.1, 0.15) is 11.6 Å². The van der Waals surface area contributed by atoms with E-state index in [1.165, 1.54) is 18.2 Å². The first-order valence-electron chi connectivity index (χ1n) is 5.81. The number of aryl methyl sites for hydroxylation is 1. The van der Waals surface area contributed by atoms with Gasteiger partial charge in [-0.15, -0.1) is 11.6 Å². The van der Waals surface area contributed by atoms with Crippen molar-refractivity contribution < 1.29 is 8.78 Å². The molecule has 2 rings (SSSR count). The van der Waals surface area contributed by atoms with E-state index in [0.29, 0.717) is 5.02 Å². The van der Waals surface area contributed by atoms with Crippen molar-refractivity contribution in [3.8, 4) is 0 Å². The Hall–Kier alpha value is -1.12. The van der Waals surface area contributed by atoms with Gasteiger partial charge in [-0.1, -0.05) is 23.7 Å². The highest BCUT2D eigenvalue weighted by Crippen LogP contribution is 2.29. The van der Waals surface area contributed by atoms with Crippen LogP contribution in [0, 0.1) is 18.6 Å². The van der Waals surface area contributed by atoms with Gasteiger partial charge in [-0.05, 0) is 48.7 Å². The Bertz CT molecular complexity index is 556. The lowest BCUT2D eigenvalue weighted by Gasteiger charge is -2.12. The smallest absolute Gasteiger partial charge is 0.129 e. The Balaban J connectivity index is 2.28. The first kappa shape index (κ1) is 14.3. The number of hydrogen-bond donors (Lipinski definition) is 0. The largest absolute Gasteiger partial charge is 0.207 e. The van der Waals surface area contributed by atoms with Crippen molar-refractivity contribution in [2.24, 2.45) is 0 Å². The Kier molecular flexibility index (Phi) is 4.43. The topological polar surface area (TPSA) is 0 Å². The van der Waals surface area contributed by atoms with Crippen LogP contribution < -0.4 is 0 Å². The van der Waals surface area contributed by atoms with Crippen LogP contribution >= 0.6 is 23.2 Å². The van der Waals surface area contributed by atoms with E-state index in [4.69, 9.17) is 23.2 Å². The van der Waals surface area contributed by atoms with Gasteiger partial charge >= 0.3 is 0 Å². The second kappa shape index (κ2) is 5.89. The van der Waals surface area contributed by atoms with Crippen molar-refractivity contribution in [1.82, 2.24) is 0 Å². The zero-order chi connectivity index (χ0) is 14.0. The number of benzene rings is 2. The first-order chi connectivity index (χ1) is 8.97. The van der Waals surface area contributed by atoms with E-state index in [1.54, 1.807) is 12.1 Å². The third-order valence-corrected chi connectivity index (χ3v) is 3.50. The Morgan fingerprint density at radius 2 is 1.74 bits per heavy atom. The molecule has 0 radical (unpaired) electrons.